The number of phenols is 1. The summed E-state index contributed by atoms with van der Waals surface area (Å²) in [6.45, 7) is 0. The second-order valence-electron chi connectivity index (χ2n) is 8.13. The van der Waals surface area contributed by atoms with Gasteiger partial charge in [-0.25, -0.2) is 0 Å². The van der Waals surface area contributed by atoms with E-state index >= 15 is 0 Å². The number of hydrogen-bond acceptors (Lipinski definition) is 5. The number of aliphatic imine (C=N–C) groups is 1. The molecule has 156 valence electrons. The lowest BCUT2D eigenvalue weighted by Gasteiger charge is -2.34. The van der Waals surface area contributed by atoms with Crippen molar-refractivity contribution in [3.05, 3.63) is 83.9 Å². The van der Waals surface area contributed by atoms with Crippen molar-refractivity contribution in [1.82, 2.24) is 0 Å². The van der Waals surface area contributed by atoms with Crippen LogP contribution in [0, 0.1) is 5.92 Å². The van der Waals surface area contributed by atoms with Crippen LogP contribution in [0.1, 0.15) is 35.9 Å². The first kappa shape index (κ1) is 19.4. The Bertz CT molecular complexity index is 1160. The summed E-state index contributed by atoms with van der Waals surface area (Å²) in [6.07, 6.45) is 1.22. The normalized spacial score (nSPS) is 22.4. The van der Waals surface area contributed by atoms with Crippen LogP contribution in [0.15, 0.2) is 77.8 Å². The molecular weight excluding hydrogens is 388 g/mol. The third-order valence-corrected chi connectivity index (χ3v) is 6.26. The zero-order chi connectivity index (χ0) is 21.4. The quantitative estimate of drug-likeness (QED) is 0.604. The van der Waals surface area contributed by atoms with Gasteiger partial charge in [-0.15, -0.1) is 0 Å². The molecular formula is C26H24N2O3. The zero-order valence-corrected chi connectivity index (χ0v) is 17.3. The van der Waals surface area contributed by atoms with Crippen molar-refractivity contribution in [1.29, 1.82) is 0 Å². The number of carbonyl (C=O) groups is 1. The fraction of sp³-hybridized carbons (Fsp3) is 0.231. The van der Waals surface area contributed by atoms with Crippen LogP contribution in [0.3, 0.4) is 0 Å². The molecule has 5 nitrogen and oxygen atoms in total. The number of benzene rings is 3. The van der Waals surface area contributed by atoms with Crippen molar-refractivity contribution in [2.45, 2.75) is 24.8 Å². The van der Waals surface area contributed by atoms with E-state index in [-0.39, 0.29) is 29.4 Å². The molecule has 0 radical (unpaired) electrons. The predicted octanol–water partition coefficient (Wildman–Crippen LogP) is 5.40. The number of nitrogens with one attached hydrogen (secondary N) is 1. The standard InChI is InChI=1S/C26H24N2O3/c1-31-24-15-17(11-12-22(24)29)26-25-21(27-19-9-5-6-10-20(19)28-26)13-18(14-23(25)30)16-7-3-2-4-8-16/h2-12,15,18,25-26,28-29H,13-14H2,1H3. The van der Waals surface area contributed by atoms with Crippen molar-refractivity contribution in [3.63, 3.8) is 0 Å². The van der Waals surface area contributed by atoms with Crippen molar-refractivity contribution in [2.75, 3.05) is 12.4 Å². The average molecular weight is 412 g/mol. The topological polar surface area (TPSA) is 70.9 Å². The number of phenolic OH excluding ortho intramolecular Hbond substituents is 1. The molecule has 0 saturated heterocycles. The molecule has 31 heavy (non-hydrogen) atoms. The molecule has 0 aromatic heterocycles. The summed E-state index contributed by atoms with van der Waals surface area (Å²) in [7, 11) is 1.53. The molecule has 0 amide bonds. The van der Waals surface area contributed by atoms with Crippen molar-refractivity contribution < 1.29 is 14.6 Å². The van der Waals surface area contributed by atoms with Crippen molar-refractivity contribution >= 4 is 22.9 Å². The fourth-order valence-corrected chi connectivity index (χ4v) is 4.72. The lowest BCUT2D eigenvalue weighted by molar-refractivity contribution is -0.122. The predicted molar refractivity (Wildman–Crippen MR) is 121 cm³/mol. The molecule has 5 rings (SSSR count). The van der Waals surface area contributed by atoms with Crippen LogP contribution in [0.5, 0.6) is 11.5 Å². The van der Waals surface area contributed by atoms with Gasteiger partial charge in [0.2, 0.25) is 0 Å². The summed E-state index contributed by atoms with van der Waals surface area (Å²) in [6, 6.07) is 23.1. The number of anilines is 1. The molecule has 1 aliphatic heterocycles. The van der Waals surface area contributed by atoms with E-state index < -0.39 is 0 Å². The Morgan fingerprint density at radius 2 is 1.74 bits per heavy atom. The summed E-state index contributed by atoms with van der Waals surface area (Å²) in [5, 5.41) is 13.6. The molecule has 3 aromatic carbocycles. The van der Waals surface area contributed by atoms with Crippen LogP contribution < -0.4 is 10.1 Å². The minimum absolute atomic E-state index is 0.0771. The summed E-state index contributed by atoms with van der Waals surface area (Å²) < 4.78 is 5.32. The smallest absolute Gasteiger partial charge is 0.160 e. The molecule has 5 heteroatoms. The Morgan fingerprint density at radius 3 is 2.55 bits per heavy atom. The third kappa shape index (κ3) is 3.56. The molecule has 1 fully saturated rings. The maximum absolute atomic E-state index is 13.5. The Labute approximate surface area is 181 Å². The van der Waals surface area contributed by atoms with Crippen LogP contribution in [-0.4, -0.2) is 23.7 Å². The largest absolute Gasteiger partial charge is 0.504 e. The highest BCUT2D eigenvalue weighted by molar-refractivity contribution is 6.10. The Kier molecular flexibility index (Phi) is 4.94. The monoisotopic (exact) mass is 412 g/mol. The van der Waals surface area contributed by atoms with Crippen molar-refractivity contribution in [3.8, 4) is 11.5 Å². The zero-order valence-electron chi connectivity index (χ0n) is 17.3. The molecule has 3 aromatic rings. The van der Waals surface area contributed by atoms with Crippen molar-refractivity contribution in [2.24, 2.45) is 10.9 Å². The van der Waals surface area contributed by atoms with Crippen LogP contribution in [0.4, 0.5) is 11.4 Å². The maximum Gasteiger partial charge on any atom is 0.160 e. The van der Waals surface area contributed by atoms with Gasteiger partial charge in [0.1, 0.15) is 5.78 Å². The number of rotatable bonds is 3. The molecule has 3 atom stereocenters. The van der Waals surface area contributed by atoms with E-state index in [1.54, 1.807) is 12.1 Å². The number of para-hydroxylation sites is 2. The van der Waals surface area contributed by atoms with Gasteiger partial charge in [-0.2, -0.15) is 0 Å². The first-order chi connectivity index (χ1) is 15.1. The van der Waals surface area contributed by atoms with Gasteiger partial charge in [0, 0.05) is 12.1 Å². The third-order valence-electron chi connectivity index (χ3n) is 6.26. The van der Waals surface area contributed by atoms with Crippen LogP contribution in [0.25, 0.3) is 0 Å². The van der Waals surface area contributed by atoms with Gasteiger partial charge >= 0.3 is 0 Å². The number of methoxy groups -OCH3 is 1. The van der Waals surface area contributed by atoms with Crippen LogP contribution in [-0.2, 0) is 4.79 Å². The second-order valence-corrected chi connectivity index (χ2v) is 8.13. The number of ether oxygens (including phenoxy) is 1. The molecule has 0 bridgehead atoms. The summed E-state index contributed by atoms with van der Waals surface area (Å²) in [5.41, 5.74) is 4.70. The van der Waals surface area contributed by atoms with E-state index in [0.29, 0.717) is 12.2 Å². The highest BCUT2D eigenvalue weighted by atomic mass is 16.5. The number of Topliss-reactive ketones (excluding diaryl/α,β-unsaturated/α-hetero) is 1. The SMILES string of the molecule is COc1cc(C2Nc3ccccc3N=C3CC(c4ccccc4)CC(=O)C32)ccc1O. The van der Waals surface area contributed by atoms with Gasteiger partial charge in [0.25, 0.3) is 0 Å². The molecule has 1 saturated carbocycles. The Hall–Kier alpha value is -3.60. The minimum Gasteiger partial charge on any atom is -0.504 e. The number of aromatic hydroxyl groups is 1. The highest BCUT2D eigenvalue weighted by Crippen LogP contribution is 2.44. The summed E-state index contributed by atoms with van der Waals surface area (Å²) in [4.78, 5) is 18.5. The summed E-state index contributed by atoms with van der Waals surface area (Å²) in [5.74, 6) is 0.399. The Morgan fingerprint density at radius 1 is 0.968 bits per heavy atom. The molecule has 0 spiro atoms. The number of fused-ring (bicyclic) bond motifs is 2. The number of hydrogen-bond donors (Lipinski definition) is 2. The van der Waals surface area contributed by atoms with Gasteiger partial charge in [0.05, 0.1) is 30.4 Å². The van der Waals surface area contributed by atoms with E-state index in [2.05, 4.69) is 17.4 Å². The highest BCUT2D eigenvalue weighted by Gasteiger charge is 2.41. The summed E-state index contributed by atoms with van der Waals surface area (Å²) >= 11 is 0. The van der Waals surface area contributed by atoms with Gasteiger partial charge in [-0.3, -0.25) is 9.79 Å². The van der Waals surface area contributed by atoms with Crippen LogP contribution >= 0.6 is 0 Å². The molecule has 3 unspecified atom stereocenters. The molecule has 1 aliphatic carbocycles. The van der Waals surface area contributed by atoms with E-state index in [1.807, 2.05) is 48.5 Å². The average Bonchev–Trinajstić information content (AvgIpc) is 2.97. The molecule has 1 heterocycles. The Balaban J connectivity index is 1.60. The van der Waals surface area contributed by atoms with E-state index in [0.717, 1.165) is 29.1 Å². The second kappa shape index (κ2) is 7.91. The lowest BCUT2D eigenvalue weighted by Crippen LogP contribution is -2.38. The van der Waals surface area contributed by atoms with E-state index in [1.165, 1.54) is 12.7 Å². The molecule has 2 aliphatic rings. The van der Waals surface area contributed by atoms with E-state index in [4.69, 9.17) is 9.73 Å². The maximum atomic E-state index is 13.5. The van der Waals surface area contributed by atoms with Crippen LogP contribution in [0.2, 0.25) is 0 Å². The fourth-order valence-electron chi connectivity index (χ4n) is 4.72. The molecule has 2 N–H and O–H groups in total. The van der Waals surface area contributed by atoms with E-state index in [9.17, 15) is 9.90 Å². The van der Waals surface area contributed by atoms with Gasteiger partial charge in [-0.1, -0.05) is 48.5 Å². The lowest BCUT2D eigenvalue weighted by atomic mass is 9.72. The number of carbonyl (C=O) groups excluding carboxylic acids is 1. The van der Waals surface area contributed by atoms with Gasteiger partial charge in [0.15, 0.2) is 11.5 Å². The first-order valence-electron chi connectivity index (χ1n) is 10.5. The first-order valence-corrected chi connectivity index (χ1v) is 10.5. The van der Waals surface area contributed by atoms with Gasteiger partial charge in [-0.05, 0) is 47.7 Å². The number of ketones is 1. The minimum atomic E-state index is -0.374. The van der Waals surface area contributed by atoms with Gasteiger partial charge < -0.3 is 15.2 Å². The number of nitrogens with zero attached hydrogens (tertiary/aromatic N) is 1.